The van der Waals surface area contributed by atoms with Crippen LogP contribution >= 0.6 is 11.3 Å². The molecule has 2 N–H and O–H groups in total. The molecule has 5 nitrogen and oxygen atoms in total. The summed E-state index contributed by atoms with van der Waals surface area (Å²) < 4.78 is 5.86. The van der Waals surface area contributed by atoms with Gasteiger partial charge in [0.05, 0.1) is 11.0 Å². The lowest BCUT2D eigenvalue weighted by Gasteiger charge is -2.21. The highest BCUT2D eigenvalue weighted by Crippen LogP contribution is 2.20. The first-order valence-electron chi connectivity index (χ1n) is 9.57. The molecular weight excluding hydrogens is 360 g/mol. The third-order valence-corrected chi connectivity index (χ3v) is 5.53. The third-order valence-electron chi connectivity index (χ3n) is 4.66. The smallest absolute Gasteiger partial charge is 0.265 e. The number of amides is 2. The molecule has 6 heteroatoms. The Kier molecular flexibility index (Phi) is 7.42. The molecule has 27 heavy (non-hydrogen) atoms. The summed E-state index contributed by atoms with van der Waals surface area (Å²) in [4.78, 5) is 24.9. The predicted octanol–water partition coefficient (Wildman–Crippen LogP) is 4.47. The highest BCUT2D eigenvalue weighted by molar-refractivity contribution is 7.12. The van der Waals surface area contributed by atoms with Crippen molar-refractivity contribution in [1.82, 2.24) is 5.32 Å². The molecule has 0 saturated heterocycles. The van der Waals surface area contributed by atoms with Gasteiger partial charge in [-0.15, -0.1) is 11.3 Å². The van der Waals surface area contributed by atoms with Gasteiger partial charge in [0.2, 0.25) is 0 Å². The maximum atomic E-state index is 12.2. The van der Waals surface area contributed by atoms with Crippen molar-refractivity contribution in [1.29, 1.82) is 0 Å². The topological polar surface area (TPSA) is 67.4 Å². The van der Waals surface area contributed by atoms with Crippen molar-refractivity contribution in [2.45, 2.75) is 44.6 Å². The van der Waals surface area contributed by atoms with Crippen LogP contribution in [0.25, 0.3) is 0 Å². The number of nitrogens with one attached hydrogen (secondary N) is 2. The Balaban J connectivity index is 1.36. The zero-order chi connectivity index (χ0) is 18.9. The second kappa shape index (κ2) is 10.2. The molecule has 1 aliphatic rings. The maximum Gasteiger partial charge on any atom is 0.265 e. The number of ether oxygens (including phenoxy) is 1. The van der Waals surface area contributed by atoms with Crippen molar-refractivity contribution in [2.24, 2.45) is 0 Å². The second-order valence-corrected chi connectivity index (χ2v) is 7.70. The standard InChI is InChI=1S/C21H26N2O3S/c24-20(22-13-5-14-26-18-6-2-1-3-7-18)16-9-11-17(12-10-16)23-21(25)19-8-4-15-27-19/h4,8-12,15,18H,1-3,5-7,13-14H2,(H,22,24)(H,23,25). The summed E-state index contributed by atoms with van der Waals surface area (Å²) in [6.07, 6.45) is 7.43. The van der Waals surface area contributed by atoms with Crippen molar-refractivity contribution in [2.75, 3.05) is 18.5 Å². The van der Waals surface area contributed by atoms with Gasteiger partial charge in [-0.3, -0.25) is 9.59 Å². The summed E-state index contributed by atoms with van der Waals surface area (Å²) in [5.41, 5.74) is 1.25. The summed E-state index contributed by atoms with van der Waals surface area (Å²) in [6.45, 7) is 1.29. The molecular formula is C21H26N2O3S. The quantitative estimate of drug-likeness (QED) is 0.658. The van der Waals surface area contributed by atoms with E-state index in [0.717, 1.165) is 6.42 Å². The van der Waals surface area contributed by atoms with E-state index in [1.165, 1.54) is 43.4 Å². The molecule has 2 aromatic rings. The van der Waals surface area contributed by atoms with Gasteiger partial charge in [-0.25, -0.2) is 0 Å². The molecule has 2 amide bonds. The molecule has 0 spiro atoms. The lowest BCUT2D eigenvalue weighted by Crippen LogP contribution is -2.26. The lowest BCUT2D eigenvalue weighted by molar-refractivity contribution is 0.0273. The van der Waals surface area contributed by atoms with Crippen LogP contribution in [0.1, 0.15) is 58.6 Å². The molecule has 144 valence electrons. The van der Waals surface area contributed by atoms with E-state index in [1.807, 2.05) is 11.4 Å². The lowest BCUT2D eigenvalue weighted by atomic mass is 9.98. The Hall–Kier alpha value is -2.18. The summed E-state index contributed by atoms with van der Waals surface area (Å²) in [6, 6.07) is 10.5. The van der Waals surface area contributed by atoms with E-state index in [2.05, 4.69) is 10.6 Å². The zero-order valence-corrected chi connectivity index (χ0v) is 16.2. The summed E-state index contributed by atoms with van der Waals surface area (Å²) in [7, 11) is 0. The minimum Gasteiger partial charge on any atom is -0.378 e. The summed E-state index contributed by atoms with van der Waals surface area (Å²) in [5.74, 6) is -0.246. The Labute approximate surface area is 164 Å². The van der Waals surface area contributed by atoms with Crippen molar-refractivity contribution in [3.63, 3.8) is 0 Å². The minimum atomic E-state index is -0.139. The predicted molar refractivity (Wildman–Crippen MR) is 108 cm³/mol. The first-order chi connectivity index (χ1) is 13.2. The highest BCUT2D eigenvalue weighted by Gasteiger charge is 2.13. The van der Waals surface area contributed by atoms with Gasteiger partial charge in [0, 0.05) is 24.4 Å². The van der Waals surface area contributed by atoms with E-state index < -0.39 is 0 Å². The highest BCUT2D eigenvalue weighted by atomic mass is 32.1. The fraction of sp³-hybridized carbons (Fsp3) is 0.429. The number of hydrogen-bond acceptors (Lipinski definition) is 4. The molecule has 3 rings (SSSR count). The van der Waals surface area contributed by atoms with Crippen LogP contribution in [0.15, 0.2) is 41.8 Å². The van der Waals surface area contributed by atoms with Crippen molar-refractivity contribution < 1.29 is 14.3 Å². The summed E-state index contributed by atoms with van der Waals surface area (Å²) >= 11 is 1.39. The van der Waals surface area contributed by atoms with Crippen LogP contribution in [0.4, 0.5) is 5.69 Å². The minimum absolute atomic E-state index is 0.108. The molecule has 0 aliphatic heterocycles. The van der Waals surface area contributed by atoms with Crippen molar-refractivity contribution >= 4 is 28.8 Å². The average molecular weight is 387 g/mol. The van der Waals surface area contributed by atoms with Crippen LogP contribution in [-0.4, -0.2) is 31.1 Å². The van der Waals surface area contributed by atoms with Crippen LogP contribution in [0.2, 0.25) is 0 Å². The maximum absolute atomic E-state index is 12.2. The number of carbonyl (C=O) groups is 2. The van der Waals surface area contributed by atoms with Gasteiger partial charge in [-0.2, -0.15) is 0 Å². The number of hydrogen-bond donors (Lipinski definition) is 2. The van der Waals surface area contributed by atoms with Crippen LogP contribution < -0.4 is 10.6 Å². The van der Waals surface area contributed by atoms with Gasteiger partial charge >= 0.3 is 0 Å². The Morgan fingerprint density at radius 2 is 1.81 bits per heavy atom. The fourth-order valence-corrected chi connectivity index (χ4v) is 3.78. The van der Waals surface area contributed by atoms with Crippen molar-refractivity contribution in [3.8, 4) is 0 Å². The van der Waals surface area contributed by atoms with E-state index in [-0.39, 0.29) is 11.8 Å². The van der Waals surface area contributed by atoms with E-state index in [0.29, 0.717) is 35.4 Å². The van der Waals surface area contributed by atoms with Gasteiger partial charge < -0.3 is 15.4 Å². The molecule has 1 fully saturated rings. The van der Waals surface area contributed by atoms with E-state index in [4.69, 9.17) is 4.74 Å². The third kappa shape index (κ3) is 6.19. The first-order valence-corrected chi connectivity index (χ1v) is 10.4. The normalized spacial score (nSPS) is 14.7. The fourth-order valence-electron chi connectivity index (χ4n) is 3.16. The summed E-state index contributed by atoms with van der Waals surface area (Å²) in [5, 5.41) is 7.60. The first kappa shape index (κ1) is 19.6. The molecule has 1 saturated carbocycles. The average Bonchev–Trinajstić information content (AvgIpc) is 3.24. The number of rotatable bonds is 8. The number of thiophene rings is 1. The van der Waals surface area contributed by atoms with Crippen LogP contribution in [0.3, 0.4) is 0 Å². The van der Waals surface area contributed by atoms with Gasteiger partial charge in [-0.05, 0) is 55.0 Å². The SMILES string of the molecule is O=C(NCCCOC1CCCCC1)c1ccc(NC(=O)c2cccs2)cc1. The molecule has 1 aromatic carbocycles. The molecule has 1 aliphatic carbocycles. The van der Waals surface area contributed by atoms with E-state index in [1.54, 1.807) is 30.3 Å². The van der Waals surface area contributed by atoms with Gasteiger partial charge in [0.25, 0.3) is 11.8 Å². The molecule has 1 aromatic heterocycles. The van der Waals surface area contributed by atoms with Gasteiger partial charge in [0.15, 0.2) is 0 Å². The zero-order valence-electron chi connectivity index (χ0n) is 15.4. The van der Waals surface area contributed by atoms with Crippen LogP contribution in [-0.2, 0) is 4.74 Å². The molecule has 1 heterocycles. The van der Waals surface area contributed by atoms with E-state index >= 15 is 0 Å². The number of carbonyl (C=O) groups excluding carboxylic acids is 2. The molecule has 0 radical (unpaired) electrons. The van der Waals surface area contributed by atoms with E-state index in [9.17, 15) is 9.59 Å². The van der Waals surface area contributed by atoms with Crippen LogP contribution in [0, 0.1) is 0 Å². The molecule has 0 bridgehead atoms. The molecule has 0 unspecified atom stereocenters. The molecule has 0 atom stereocenters. The largest absolute Gasteiger partial charge is 0.378 e. The van der Waals surface area contributed by atoms with Crippen molar-refractivity contribution in [3.05, 3.63) is 52.2 Å². The number of anilines is 1. The second-order valence-electron chi connectivity index (χ2n) is 6.75. The Morgan fingerprint density at radius 1 is 1.04 bits per heavy atom. The number of benzene rings is 1. The van der Waals surface area contributed by atoms with Gasteiger partial charge in [0.1, 0.15) is 0 Å². The monoisotopic (exact) mass is 386 g/mol. The van der Waals surface area contributed by atoms with Crippen LogP contribution in [0.5, 0.6) is 0 Å². The Bertz CT molecular complexity index is 722. The Morgan fingerprint density at radius 3 is 2.52 bits per heavy atom. The van der Waals surface area contributed by atoms with Gasteiger partial charge in [-0.1, -0.05) is 25.3 Å².